The summed E-state index contributed by atoms with van der Waals surface area (Å²) in [4.78, 5) is 11.4. The van der Waals surface area contributed by atoms with Gasteiger partial charge in [0.1, 0.15) is 6.54 Å². The van der Waals surface area contributed by atoms with Gasteiger partial charge in [-0.15, -0.1) is 0 Å². The van der Waals surface area contributed by atoms with E-state index in [9.17, 15) is 4.79 Å². The number of aryl methyl sites for hydroxylation is 3. The number of ether oxygens (including phenoxy) is 1. The number of hydrogen-bond acceptors (Lipinski definition) is 3. The van der Waals surface area contributed by atoms with Crippen molar-refractivity contribution in [2.24, 2.45) is 0 Å². The molecule has 2 rings (SSSR count). The Morgan fingerprint density at radius 2 is 2.00 bits per heavy atom. The molecular formula is C16H20N2O2. The molecule has 0 spiro atoms. The molecule has 0 amide bonds. The molecular weight excluding hydrogens is 252 g/mol. The lowest BCUT2D eigenvalue weighted by Gasteiger charge is -2.04. The first kappa shape index (κ1) is 14.3. The molecule has 1 aromatic heterocycles. The number of nitrogens with zero attached hydrogens (tertiary/aromatic N) is 2. The number of benzene rings is 1. The SMILES string of the molecule is CCc1cc(-c2ccc(C)c(C)c2)nn1CC(=O)OC. The maximum absolute atomic E-state index is 11.4. The van der Waals surface area contributed by atoms with E-state index in [1.165, 1.54) is 18.2 Å². The van der Waals surface area contributed by atoms with E-state index in [4.69, 9.17) is 4.74 Å². The number of carbonyl (C=O) groups is 1. The fraction of sp³-hybridized carbons (Fsp3) is 0.375. The number of hydrogen-bond donors (Lipinski definition) is 0. The first-order valence-electron chi connectivity index (χ1n) is 6.76. The molecule has 1 aromatic carbocycles. The van der Waals surface area contributed by atoms with Crippen molar-refractivity contribution >= 4 is 5.97 Å². The maximum atomic E-state index is 11.4. The van der Waals surface area contributed by atoms with Crippen LogP contribution in [0.4, 0.5) is 0 Å². The van der Waals surface area contributed by atoms with Crippen molar-refractivity contribution in [2.45, 2.75) is 33.7 Å². The van der Waals surface area contributed by atoms with Crippen molar-refractivity contribution in [3.63, 3.8) is 0 Å². The number of methoxy groups -OCH3 is 1. The lowest BCUT2D eigenvalue weighted by atomic mass is 10.0. The summed E-state index contributed by atoms with van der Waals surface area (Å²) in [6.07, 6.45) is 0.828. The van der Waals surface area contributed by atoms with Crippen LogP contribution in [0, 0.1) is 13.8 Å². The van der Waals surface area contributed by atoms with Crippen LogP contribution in [-0.4, -0.2) is 22.9 Å². The van der Waals surface area contributed by atoms with Gasteiger partial charge >= 0.3 is 5.97 Å². The summed E-state index contributed by atoms with van der Waals surface area (Å²) in [7, 11) is 1.39. The second-order valence-corrected chi connectivity index (χ2v) is 4.91. The van der Waals surface area contributed by atoms with Crippen LogP contribution in [-0.2, 0) is 22.5 Å². The van der Waals surface area contributed by atoms with Gasteiger partial charge < -0.3 is 4.74 Å². The molecule has 2 aromatic rings. The maximum Gasteiger partial charge on any atom is 0.327 e. The smallest absolute Gasteiger partial charge is 0.327 e. The normalized spacial score (nSPS) is 10.6. The number of aromatic nitrogens is 2. The average molecular weight is 272 g/mol. The summed E-state index contributed by atoms with van der Waals surface area (Å²) in [5, 5.41) is 4.53. The third kappa shape index (κ3) is 2.90. The van der Waals surface area contributed by atoms with Gasteiger partial charge in [-0.3, -0.25) is 9.48 Å². The van der Waals surface area contributed by atoms with Crippen molar-refractivity contribution in [2.75, 3.05) is 7.11 Å². The van der Waals surface area contributed by atoms with E-state index in [1.54, 1.807) is 4.68 Å². The Balaban J connectivity index is 2.37. The topological polar surface area (TPSA) is 44.1 Å². The van der Waals surface area contributed by atoms with Gasteiger partial charge in [0.15, 0.2) is 0 Å². The predicted molar refractivity (Wildman–Crippen MR) is 78.5 cm³/mol. The Morgan fingerprint density at radius 1 is 1.25 bits per heavy atom. The molecule has 0 fully saturated rings. The van der Waals surface area contributed by atoms with Crippen molar-refractivity contribution in [1.82, 2.24) is 9.78 Å². The summed E-state index contributed by atoms with van der Waals surface area (Å²) >= 11 is 0. The molecule has 0 saturated heterocycles. The van der Waals surface area contributed by atoms with Gasteiger partial charge in [0.25, 0.3) is 0 Å². The minimum Gasteiger partial charge on any atom is -0.468 e. The summed E-state index contributed by atoms with van der Waals surface area (Å²) in [6.45, 7) is 6.39. The lowest BCUT2D eigenvalue weighted by molar-refractivity contribution is -0.141. The molecule has 1 heterocycles. The molecule has 0 aliphatic rings. The molecule has 0 atom stereocenters. The molecule has 20 heavy (non-hydrogen) atoms. The Labute approximate surface area is 119 Å². The van der Waals surface area contributed by atoms with E-state index in [0.29, 0.717) is 0 Å². The lowest BCUT2D eigenvalue weighted by Crippen LogP contribution is -2.14. The van der Waals surface area contributed by atoms with Crippen LogP contribution in [0.1, 0.15) is 23.7 Å². The number of rotatable bonds is 4. The van der Waals surface area contributed by atoms with E-state index in [2.05, 4.69) is 44.1 Å². The van der Waals surface area contributed by atoms with Gasteiger partial charge in [-0.05, 0) is 43.5 Å². The van der Waals surface area contributed by atoms with Crippen molar-refractivity contribution in [3.05, 3.63) is 41.1 Å². The van der Waals surface area contributed by atoms with Crippen LogP contribution in [0.3, 0.4) is 0 Å². The highest BCUT2D eigenvalue weighted by molar-refractivity contribution is 5.69. The number of esters is 1. The van der Waals surface area contributed by atoms with Crippen LogP contribution in [0.5, 0.6) is 0 Å². The number of carbonyl (C=O) groups excluding carboxylic acids is 1. The third-order valence-corrected chi connectivity index (χ3v) is 3.53. The molecule has 4 heteroatoms. The highest BCUT2D eigenvalue weighted by atomic mass is 16.5. The highest BCUT2D eigenvalue weighted by Crippen LogP contribution is 2.22. The van der Waals surface area contributed by atoms with Crippen molar-refractivity contribution < 1.29 is 9.53 Å². The minimum absolute atomic E-state index is 0.157. The van der Waals surface area contributed by atoms with Crippen molar-refractivity contribution in [3.8, 4) is 11.3 Å². The molecule has 0 saturated carbocycles. The quantitative estimate of drug-likeness (QED) is 0.804. The van der Waals surface area contributed by atoms with E-state index in [0.717, 1.165) is 23.4 Å². The average Bonchev–Trinajstić information content (AvgIpc) is 2.84. The highest BCUT2D eigenvalue weighted by Gasteiger charge is 2.12. The first-order valence-corrected chi connectivity index (χ1v) is 6.76. The van der Waals surface area contributed by atoms with Crippen LogP contribution in [0.15, 0.2) is 24.3 Å². The molecule has 0 aliphatic heterocycles. The Bertz CT molecular complexity index is 629. The standard InChI is InChI=1S/C16H20N2O2/c1-5-14-9-15(17-18(14)10-16(19)20-4)13-7-6-11(2)12(3)8-13/h6-9H,5,10H2,1-4H3. The molecule has 0 bridgehead atoms. The molecule has 0 unspecified atom stereocenters. The Morgan fingerprint density at radius 3 is 2.60 bits per heavy atom. The van der Waals surface area contributed by atoms with E-state index < -0.39 is 0 Å². The van der Waals surface area contributed by atoms with Gasteiger partial charge in [0.05, 0.1) is 12.8 Å². The summed E-state index contributed by atoms with van der Waals surface area (Å²) in [5.74, 6) is -0.283. The zero-order chi connectivity index (χ0) is 14.7. The summed E-state index contributed by atoms with van der Waals surface area (Å²) in [5.41, 5.74) is 5.51. The Hall–Kier alpha value is -2.10. The molecule has 0 radical (unpaired) electrons. The van der Waals surface area contributed by atoms with Crippen LogP contribution in [0.25, 0.3) is 11.3 Å². The van der Waals surface area contributed by atoms with Crippen molar-refractivity contribution in [1.29, 1.82) is 0 Å². The Kier molecular flexibility index (Phi) is 4.23. The predicted octanol–water partition coefficient (Wildman–Crippen LogP) is 2.90. The summed E-state index contributed by atoms with van der Waals surface area (Å²) in [6, 6.07) is 8.31. The second-order valence-electron chi connectivity index (χ2n) is 4.91. The zero-order valence-corrected chi connectivity index (χ0v) is 12.4. The fourth-order valence-corrected chi connectivity index (χ4v) is 2.11. The van der Waals surface area contributed by atoms with Gasteiger partial charge in [-0.25, -0.2) is 0 Å². The van der Waals surface area contributed by atoms with Crippen LogP contribution >= 0.6 is 0 Å². The van der Waals surface area contributed by atoms with Crippen LogP contribution < -0.4 is 0 Å². The molecule has 0 aliphatic carbocycles. The second kappa shape index (κ2) is 5.90. The van der Waals surface area contributed by atoms with E-state index in [-0.39, 0.29) is 12.5 Å². The first-order chi connectivity index (χ1) is 9.55. The monoisotopic (exact) mass is 272 g/mol. The molecule has 0 N–H and O–H groups in total. The van der Waals surface area contributed by atoms with Gasteiger partial charge in [0.2, 0.25) is 0 Å². The van der Waals surface area contributed by atoms with Gasteiger partial charge in [-0.2, -0.15) is 5.10 Å². The zero-order valence-electron chi connectivity index (χ0n) is 12.4. The van der Waals surface area contributed by atoms with Gasteiger partial charge in [0, 0.05) is 11.3 Å². The van der Waals surface area contributed by atoms with E-state index >= 15 is 0 Å². The third-order valence-electron chi connectivity index (χ3n) is 3.53. The summed E-state index contributed by atoms with van der Waals surface area (Å²) < 4.78 is 6.42. The van der Waals surface area contributed by atoms with Gasteiger partial charge in [-0.1, -0.05) is 19.1 Å². The largest absolute Gasteiger partial charge is 0.468 e. The molecule has 4 nitrogen and oxygen atoms in total. The molecule has 106 valence electrons. The van der Waals surface area contributed by atoms with Crippen LogP contribution in [0.2, 0.25) is 0 Å². The fourth-order valence-electron chi connectivity index (χ4n) is 2.11. The minimum atomic E-state index is -0.283. The van der Waals surface area contributed by atoms with E-state index in [1.807, 2.05) is 6.07 Å².